The molecule has 29 heavy (non-hydrogen) atoms. The van der Waals surface area contributed by atoms with Crippen LogP contribution in [0.5, 0.6) is 0 Å². The van der Waals surface area contributed by atoms with Crippen LogP contribution in [0.1, 0.15) is 6.42 Å². The number of likely N-dealkylation sites (tertiary alicyclic amines) is 1. The Kier molecular flexibility index (Phi) is 3.76. The van der Waals surface area contributed by atoms with Gasteiger partial charge in [0.25, 0.3) is 6.01 Å². The molecule has 4 aromatic rings. The number of anilines is 2. The number of hydrogen-bond donors (Lipinski definition) is 3. The van der Waals surface area contributed by atoms with Gasteiger partial charge in [0.1, 0.15) is 23.4 Å². The number of oxazole rings is 1. The normalized spacial score (nSPS) is 16.8. The summed E-state index contributed by atoms with van der Waals surface area (Å²) in [5, 5.41) is 14.6. The zero-order chi connectivity index (χ0) is 20.1. The number of nitrogens with zero attached hydrogens (tertiary/aromatic N) is 6. The van der Waals surface area contributed by atoms with Crippen LogP contribution >= 0.6 is 0 Å². The number of nitrogens with two attached hydrogens (primary N) is 2. The molecule has 0 radical (unpaired) electrons. The van der Waals surface area contributed by atoms with E-state index in [0.717, 1.165) is 12.0 Å². The van der Waals surface area contributed by atoms with Crippen molar-refractivity contribution in [2.75, 3.05) is 24.6 Å². The summed E-state index contributed by atoms with van der Waals surface area (Å²) < 4.78 is 7.11. The standard InChI is InChI=1S/C18H18N8O3/c19-15-13-14(10-1-2-12-11(5-10)23-17(20)29-12)24-26(16(13)22-8-21-15)7-9-3-4-25(6-9)18(27)28/h1-2,5,8-9H,3-4,6-7H2,(H2,20,23)(H,27,28)(H2,19,21,22). The summed E-state index contributed by atoms with van der Waals surface area (Å²) in [7, 11) is 0. The molecule has 11 heteroatoms. The van der Waals surface area contributed by atoms with Gasteiger partial charge in [-0.15, -0.1) is 0 Å². The maximum absolute atomic E-state index is 11.2. The minimum atomic E-state index is -0.898. The highest BCUT2D eigenvalue weighted by atomic mass is 16.4. The number of carboxylic acid groups (broad SMARTS) is 1. The van der Waals surface area contributed by atoms with Gasteiger partial charge >= 0.3 is 6.09 Å². The molecule has 0 aliphatic carbocycles. The van der Waals surface area contributed by atoms with E-state index in [2.05, 4.69) is 15.0 Å². The van der Waals surface area contributed by atoms with Crippen molar-refractivity contribution in [2.24, 2.45) is 5.92 Å². The molecule has 3 aromatic heterocycles. The summed E-state index contributed by atoms with van der Waals surface area (Å²) in [6.45, 7) is 1.53. The van der Waals surface area contributed by atoms with Crippen molar-refractivity contribution in [2.45, 2.75) is 13.0 Å². The fourth-order valence-electron chi connectivity index (χ4n) is 3.85. The average molecular weight is 394 g/mol. The number of hydrogen-bond acceptors (Lipinski definition) is 8. The largest absolute Gasteiger partial charge is 0.465 e. The fourth-order valence-corrected chi connectivity index (χ4v) is 3.85. The summed E-state index contributed by atoms with van der Waals surface area (Å²) in [4.78, 5) is 25.3. The van der Waals surface area contributed by atoms with Gasteiger partial charge in [0.15, 0.2) is 11.2 Å². The van der Waals surface area contributed by atoms with Crippen LogP contribution in [0.15, 0.2) is 28.9 Å². The molecule has 11 nitrogen and oxygen atoms in total. The third kappa shape index (κ3) is 2.87. The Bertz CT molecular complexity index is 1250. The van der Waals surface area contributed by atoms with E-state index in [1.807, 2.05) is 12.1 Å². The molecule has 148 valence electrons. The first-order chi connectivity index (χ1) is 14.0. The van der Waals surface area contributed by atoms with Gasteiger partial charge in [-0.25, -0.2) is 19.4 Å². The minimum Gasteiger partial charge on any atom is -0.465 e. The van der Waals surface area contributed by atoms with Crippen molar-refractivity contribution in [3.8, 4) is 11.3 Å². The lowest BCUT2D eigenvalue weighted by molar-refractivity contribution is 0.153. The highest BCUT2D eigenvalue weighted by Crippen LogP contribution is 2.33. The van der Waals surface area contributed by atoms with Crippen LogP contribution < -0.4 is 11.5 Å². The van der Waals surface area contributed by atoms with Crippen molar-refractivity contribution < 1.29 is 14.3 Å². The highest BCUT2D eigenvalue weighted by Gasteiger charge is 2.28. The number of amides is 1. The van der Waals surface area contributed by atoms with Gasteiger partial charge in [-0.05, 0) is 30.5 Å². The molecule has 1 aromatic carbocycles. The Hall–Kier alpha value is -3.89. The number of aromatic nitrogens is 5. The molecule has 1 amide bonds. The predicted octanol–water partition coefficient (Wildman–Crippen LogP) is 1.80. The lowest BCUT2D eigenvalue weighted by Crippen LogP contribution is -2.27. The Labute approximate surface area is 163 Å². The molecular weight excluding hydrogens is 376 g/mol. The first kappa shape index (κ1) is 17.2. The highest BCUT2D eigenvalue weighted by molar-refractivity contribution is 5.99. The Morgan fingerprint density at radius 3 is 2.97 bits per heavy atom. The van der Waals surface area contributed by atoms with Gasteiger partial charge in [-0.3, -0.25) is 0 Å². The third-order valence-electron chi connectivity index (χ3n) is 5.22. The van der Waals surface area contributed by atoms with E-state index < -0.39 is 6.09 Å². The zero-order valence-electron chi connectivity index (χ0n) is 15.3. The Morgan fingerprint density at radius 1 is 1.31 bits per heavy atom. The molecule has 0 saturated carbocycles. The molecule has 1 saturated heterocycles. The van der Waals surface area contributed by atoms with Gasteiger partial charge in [0.2, 0.25) is 0 Å². The second kappa shape index (κ2) is 6.33. The number of nitrogen functional groups attached to an aromatic ring is 2. The number of rotatable bonds is 3. The van der Waals surface area contributed by atoms with Crippen molar-refractivity contribution in [1.82, 2.24) is 29.6 Å². The summed E-state index contributed by atoms with van der Waals surface area (Å²) in [5.41, 5.74) is 15.0. The van der Waals surface area contributed by atoms with Crippen LogP contribution in [0.4, 0.5) is 16.6 Å². The van der Waals surface area contributed by atoms with E-state index >= 15 is 0 Å². The molecule has 1 aliphatic heterocycles. The minimum absolute atomic E-state index is 0.0969. The summed E-state index contributed by atoms with van der Waals surface area (Å²) in [6, 6.07) is 5.56. The fraction of sp³-hybridized carbons (Fsp3) is 0.278. The third-order valence-corrected chi connectivity index (χ3v) is 5.22. The molecule has 1 fully saturated rings. The van der Waals surface area contributed by atoms with Crippen molar-refractivity contribution in [3.05, 3.63) is 24.5 Å². The van der Waals surface area contributed by atoms with Crippen LogP contribution in [-0.4, -0.2) is 53.9 Å². The smallest absolute Gasteiger partial charge is 0.407 e. The van der Waals surface area contributed by atoms with Gasteiger partial charge in [0, 0.05) is 25.2 Å². The maximum Gasteiger partial charge on any atom is 0.407 e. The average Bonchev–Trinajstić information content (AvgIpc) is 3.38. The van der Waals surface area contributed by atoms with E-state index in [0.29, 0.717) is 53.3 Å². The molecule has 1 aliphatic rings. The molecular formula is C18H18N8O3. The number of fused-ring (bicyclic) bond motifs is 2. The van der Waals surface area contributed by atoms with Crippen molar-refractivity contribution >= 4 is 40.1 Å². The second-order valence-corrected chi connectivity index (χ2v) is 7.11. The zero-order valence-corrected chi connectivity index (χ0v) is 15.3. The molecule has 1 unspecified atom stereocenters. The maximum atomic E-state index is 11.2. The summed E-state index contributed by atoms with van der Waals surface area (Å²) >= 11 is 0. The van der Waals surface area contributed by atoms with E-state index in [-0.39, 0.29) is 11.9 Å². The van der Waals surface area contributed by atoms with Gasteiger partial charge in [-0.2, -0.15) is 10.1 Å². The molecule has 5 N–H and O–H groups in total. The predicted molar refractivity (Wildman–Crippen MR) is 105 cm³/mol. The quantitative estimate of drug-likeness (QED) is 0.470. The lowest BCUT2D eigenvalue weighted by Gasteiger charge is -2.12. The molecule has 0 bridgehead atoms. The van der Waals surface area contributed by atoms with Gasteiger partial charge in [-0.1, -0.05) is 0 Å². The van der Waals surface area contributed by atoms with Crippen LogP contribution in [0, 0.1) is 5.92 Å². The van der Waals surface area contributed by atoms with Crippen LogP contribution in [0.25, 0.3) is 33.4 Å². The van der Waals surface area contributed by atoms with E-state index in [1.54, 1.807) is 10.7 Å². The molecule has 5 rings (SSSR count). The van der Waals surface area contributed by atoms with Crippen LogP contribution in [-0.2, 0) is 6.54 Å². The molecule has 0 spiro atoms. The van der Waals surface area contributed by atoms with Gasteiger partial charge < -0.3 is 25.9 Å². The van der Waals surface area contributed by atoms with Crippen molar-refractivity contribution in [1.29, 1.82) is 0 Å². The SMILES string of the molecule is Nc1nc2cc(-c3nn(CC4CCN(C(=O)O)C4)c4ncnc(N)c34)ccc2o1. The van der Waals surface area contributed by atoms with Crippen LogP contribution in [0.3, 0.4) is 0 Å². The Balaban J connectivity index is 1.58. The van der Waals surface area contributed by atoms with E-state index in [1.165, 1.54) is 11.2 Å². The molecule has 4 heterocycles. The number of benzene rings is 1. The summed E-state index contributed by atoms with van der Waals surface area (Å²) in [6.07, 6.45) is 1.28. The second-order valence-electron chi connectivity index (χ2n) is 7.11. The van der Waals surface area contributed by atoms with E-state index in [9.17, 15) is 9.90 Å². The summed E-state index contributed by atoms with van der Waals surface area (Å²) in [5.74, 6) is 0.477. The monoisotopic (exact) mass is 394 g/mol. The van der Waals surface area contributed by atoms with E-state index in [4.69, 9.17) is 21.0 Å². The molecule has 1 atom stereocenters. The topological polar surface area (TPSA) is 162 Å². The number of carbonyl (C=O) groups is 1. The lowest BCUT2D eigenvalue weighted by atomic mass is 10.1. The van der Waals surface area contributed by atoms with Crippen molar-refractivity contribution in [3.63, 3.8) is 0 Å². The first-order valence-electron chi connectivity index (χ1n) is 9.11. The van der Waals surface area contributed by atoms with Crippen LogP contribution in [0.2, 0.25) is 0 Å². The first-order valence-corrected chi connectivity index (χ1v) is 9.11. The Morgan fingerprint density at radius 2 is 2.17 bits per heavy atom. The van der Waals surface area contributed by atoms with Gasteiger partial charge in [0.05, 0.1) is 5.39 Å².